The number of aryl methyl sites for hydroxylation is 1. The SMILES string of the molecule is CCC1CCC(C)N1S(=O)(=O)c1cc(CCl)sc1C. The van der Waals surface area contributed by atoms with Crippen molar-refractivity contribution in [2.45, 2.75) is 62.9 Å². The first-order valence-electron chi connectivity index (χ1n) is 6.60. The maximum atomic E-state index is 12.9. The number of rotatable bonds is 4. The van der Waals surface area contributed by atoms with E-state index in [4.69, 9.17) is 11.6 Å². The van der Waals surface area contributed by atoms with E-state index in [0.717, 1.165) is 29.0 Å². The van der Waals surface area contributed by atoms with Crippen molar-refractivity contribution < 1.29 is 8.42 Å². The lowest BCUT2D eigenvalue weighted by atomic mass is 10.2. The van der Waals surface area contributed by atoms with Crippen LogP contribution in [0.5, 0.6) is 0 Å². The summed E-state index contributed by atoms with van der Waals surface area (Å²) in [6.45, 7) is 5.91. The number of halogens is 1. The summed E-state index contributed by atoms with van der Waals surface area (Å²) in [5.41, 5.74) is 0. The normalized spacial score (nSPS) is 25.1. The van der Waals surface area contributed by atoms with Gasteiger partial charge in [0.25, 0.3) is 0 Å². The predicted molar refractivity (Wildman–Crippen MR) is 80.4 cm³/mol. The van der Waals surface area contributed by atoms with Crippen LogP contribution in [0.1, 0.15) is 42.9 Å². The molecule has 0 bridgehead atoms. The molecule has 3 nitrogen and oxygen atoms in total. The Hall–Kier alpha value is -0.100. The van der Waals surface area contributed by atoms with E-state index in [0.29, 0.717) is 10.8 Å². The van der Waals surface area contributed by atoms with Gasteiger partial charge in [-0.2, -0.15) is 4.31 Å². The molecule has 1 saturated heterocycles. The van der Waals surface area contributed by atoms with E-state index in [1.165, 1.54) is 11.3 Å². The Bertz CT molecular complexity index is 553. The lowest BCUT2D eigenvalue weighted by Gasteiger charge is -2.26. The predicted octanol–water partition coefficient (Wildman–Crippen LogP) is 3.75. The topological polar surface area (TPSA) is 37.4 Å². The molecule has 2 unspecified atom stereocenters. The van der Waals surface area contributed by atoms with E-state index in [2.05, 4.69) is 6.92 Å². The number of hydrogen-bond acceptors (Lipinski definition) is 3. The third kappa shape index (κ3) is 2.71. The maximum absolute atomic E-state index is 12.9. The Morgan fingerprint density at radius 2 is 2.16 bits per heavy atom. The molecule has 0 amide bonds. The lowest BCUT2D eigenvalue weighted by Crippen LogP contribution is -2.39. The first kappa shape index (κ1) is 15.3. The van der Waals surface area contributed by atoms with E-state index in [-0.39, 0.29) is 12.1 Å². The summed E-state index contributed by atoms with van der Waals surface area (Å²) < 4.78 is 27.4. The van der Waals surface area contributed by atoms with Crippen molar-refractivity contribution >= 4 is 33.0 Å². The third-order valence-electron chi connectivity index (χ3n) is 3.79. The van der Waals surface area contributed by atoms with Crippen LogP contribution in [-0.2, 0) is 15.9 Å². The second kappa shape index (κ2) is 5.72. The summed E-state index contributed by atoms with van der Waals surface area (Å²) in [5, 5.41) is 0. The molecule has 0 radical (unpaired) electrons. The minimum absolute atomic E-state index is 0.0914. The molecule has 2 heterocycles. The number of hydrogen-bond donors (Lipinski definition) is 0. The molecule has 0 saturated carbocycles. The zero-order valence-electron chi connectivity index (χ0n) is 11.5. The second-order valence-electron chi connectivity index (χ2n) is 5.09. The van der Waals surface area contributed by atoms with E-state index >= 15 is 0 Å². The fraction of sp³-hybridized carbons (Fsp3) is 0.692. The van der Waals surface area contributed by atoms with Crippen molar-refractivity contribution in [3.8, 4) is 0 Å². The maximum Gasteiger partial charge on any atom is 0.244 e. The van der Waals surface area contributed by atoms with Gasteiger partial charge in [-0.05, 0) is 39.2 Å². The van der Waals surface area contributed by atoms with Crippen molar-refractivity contribution in [2.75, 3.05) is 0 Å². The van der Waals surface area contributed by atoms with Crippen LogP contribution in [0.2, 0.25) is 0 Å². The molecule has 0 aromatic carbocycles. The van der Waals surface area contributed by atoms with Crippen LogP contribution in [0.3, 0.4) is 0 Å². The van der Waals surface area contributed by atoms with E-state index < -0.39 is 10.0 Å². The van der Waals surface area contributed by atoms with E-state index in [1.54, 1.807) is 10.4 Å². The van der Waals surface area contributed by atoms with Gasteiger partial charge in [0, 0.05) is 21.8 Å². The van der Waals surface area contributed by atoms with Gasteiger partial charge in [0.05, 0.1) is 10.8 Å². The molecule has 0 N–H and O–H groups in total. The van der Waals surface area contributed by atoms with Gasteiger partial charge in [-0.3, -0.25) is 0 Å². The third-order valence-corrected chi connectivity index (χ3v) is 7.61. The number of sulfonamides is 1. The Labute approximate surface area is 124 Å². The molecule has 1 aromatic rings. The molecule has 108 valence electrons. The largest absolute Gasteiger partial charge is 0.244 e. The second-order valence-corrected chi connectivity index (χ2v) is 8.51. The summed E-state index contributed by atoms with van der Waals surface area (Å²) in [5.74, 6) is 0.369. The van der Waals surface area contributed by atoms with Crippen LogP contribution < -0.4 is 0 Å². The van der Waals surface area contributed by atoms with Gasteiger partial charge in [0.15, 0.2) is 0 Å². The summed E-state index contributed by atoms with van der Waals surface area (Å²) in [6.07, 6.45) is 2.78. The Kier molecular flexibility index (Phi) is 4.60. The van der Waals surface area contributed by atoms with Crippen molar-refractivity contribution in [1.82, 2.24) is 4.31 Å². The van der Waals surface area contributed by atoms with Gasteiger partial charge in [-0.25, -0.2) is 8.42 Å². The summed E-state index contributed by atoms with van der Waals surface area (Å²) >= 11 is 7.28. The molecule has 0 aliphatic carbocycles. The lowest BCUT2D eigenvalue weighted by molar-refractivity contribution is 0.328. The molecule has 0 spiro atoms. The molecular weight excluding hydrogens is 302 g/mol. The van der Waals surface area contributed by atoms with Gasteiger partial charge >= 0.3 is 0 Å². The van der Waals surface area contributed by atoms with E-state index in [9.17, 15) is 8.42 Å². The zero-order chi connectivity index (χ0) is 14.2. The van der Waals surface area contributed by atoms with Crippen molar-refractivity contribution in [3.05, 3.63) is 15.8 Å². The summed E-state index contributed by atoms with van der Waals surface area (Å²) in [4.78, 5) is 2.20. The first-order valence-corrected chi connectivity index (χ1v) is 9.39. The average Bonchev–Trinajstić information content (AvgIpc) is 2.92. The minimum Gasteiger partial charge on any atom is -0.207 e. The standard InChI is InChI=1S/C13H20ClNO2S2/c1-4-11-6-5-9(2)15(11)19(16,17)13-7-12(8-14)18-10(13)3/h7,9,11H,4-6,8H2,1-3H3. The minimum atomic E-state index is -3.38. The Morgan fingerprint density at radius 3 is 2.68 bits per heavy atom. The van der Waals surface area contributed by atoms with Crippen molar-refractivity contribution in [1.29, 1.82) is 0 Å². The van der Waals surface area contributed by atoms with Gasteiger partial charge in [0.2, 0.25) is 10.0 Å². The van der Waals surface area contributed by atoms with Gasteiger partial charge in [0.1, 0.15) is 0 Å². The fourth-order valence-corrected chi connectivity index (χ4v) is 6.47. The van der Waals surface area contributed by atoms with Gasteiger partial charge < -0.3 is 0 Å². The quantitative estimate of drug-likeness (QED) is 0.792. The molecule has 19 heavy (non-hydrogen) atoms. The van der Waals surface area contributed by atoms with Gasteiger partial charge in [-0.1, -0.05) is 6.92 Å². The monoisotopic (exact) mass is 321 g/mol. The molecule has 2 atom stereocenters. The van der Waals surface area contributed by atoms with Crippen molar-refractivity contribution in [3.63, 3.8) is 0 Å². The van der Waals surface area contributed by atoms with Crippen LogP contribution in [0.4, 0.5) is 0 Å². The van der Waals surface area contributed by atoms with Crippen LogP contribution in [-0.4, -0.2) is 24.8 Å². The Morgan fingerprint density at radius 1 is 1.47 bits per heavy atom. The molecule has 1 aliphatic heterocycles. The van der Waals surface area contributed by atoms with Gasteiger partial charge in [-0.15, -0.1) is 22.9 Å². The highest BCUT2D eigenvalue weighted by Gasteiger charge is 2.40. The number of alkyl halides is 1. The van der Waals surface area contributed by atoms with Crippen LogP contribution in [0.25, 0.3) is 0 Å². The molecule has 1 aromatic heterocycles. The molecule has 1 fully saturated rings. The molecule has 6 heteroatoms. The highest BCUT2D eigenvalue weighted by Crippen LogP contribution is 2.36. The zero-order valence-corrected chi connectivity index (χ0v) is 13.9. The van der Waals surface area contributed by atoms with E-state index in [1.807, 2.05) is 13.8 Å². The molecule has 2 rings (SSSR count). The molecular formula is C13H20ClNO2S2. The van der Waals surface area contributed by atoms with Crippen LogP contribution in [0, 0.1) is 6.92 Å². The average molecular weight is 322 g/mol. The number of nitrogens with zero attached hydrogens (tertiary/aromatic N) is 1. The number of thiophene rings is 1. The highest BCUT2D eigenvalue weighted by molar-refractivity contribution is 7.89. The fourth-order valence-electron chi connectivity index (χ4n) is 2.82. The summed E-state index contributed by atoms with van der Waals surface area (Å²) in [7, 11) is -3.38. The highest BCUT2D eigenvalue weighted by atomic mass is 35.5. The first-order chi connectivity index (χ1) is 8.91. The van der Waals surface area contributed by atoms with Crippen molar-refractivity contribution in [2.24, 2.45) is 0 Å². The van der Waals surface area contributed by atoms with Crippen LogP contribution in [0.15, 0.2) is 11.0 Å². The summed E-state index contributed by atoms with van der Waals surface area (Å²) in [6, 6.07) is 1.97. The smallest absolute Gasteiger partial charge is 0.207 e. The Balaban J connectivity index is 2.43. The molecule has 1 aliphatic rings. The van der Waals surface area contributed by atoms with Crippen LogP contribution >= 0.6 is 22.9 Å².